The minimum absolute atomic E-state index is 0.340. The van der Waals surface area contributed by atoms with Crippen molar-refractivity contribution in [3.63, 3.8) is 0 Å². The van der Waals surface area contributed by atoms with Gasteiger partial charge in [-0.15, -0.1) is 16.8 Å². The first-order valence-corrected chi connectivity index (χ1v) is 10.3. The van der Waals surface area contributed by atoms with Crippen LogP contribution in [0.4, 0.5) is 13.2 Å². The number of hydrogen-bond acceptors (Lipinski definition) is 4. The zero-order valence-electron chi connectivity index (χ0n) is 16.7. The maximum atomic E-state index is 12.9. The quantitative estimate of drug-likeness (QED) is 0.312. The van der Waals surface area contributed by atoms with Gasteiger partial charge in [-0.25, -0.2) is 0 Å². The van der Waals surface area contributed by atoms with Crippen LogP contribution in [0, 0.1) is 6.92 Å². The first-order chi connectivity index (χ1) is 14.3. The third-order valence-electron chi connectivity index (χ3n) is 4.35. The van der Waals surface area contributed by atoms with E-state index in [0.717, 1.165) is 23.4 Å². The number of aryl methyl sites for hydroxylation is 1. The average Bonchev–Trinajstić information content (AvgIpc) is 3.09. The van der Waals surface area contributed by atoms with Crippen molar-refractivity contribution < 1.29 is 17.9 Å². The Kier molecular flexibility index (Phi) is 6.87. The molecule has 0 aliphatic carbocycles. The summed E-state index contributed by atoms with van der Waals surface area (Å²) in [6.07, 6.45) is -3.00. The Labute approximate surface area is 177 Å². The molecule has 0 N–H and O–H groups in total. The summed E-state index contributed by atoms with van der Waals surface area (Å²) >= 11 is 1.33. The smallest absolute Gasteiger partial charge is 0.416 e. The van der Waals surface area contributed by atoms with E-state index in [1.165, 1.54) is 17.8 Å². The Morgan fingerprint density at radius 1 is 1.17 bits per heavy atom. The van der Waals surface area contributed by atoms with E-state index in [-0.39, 0.29) is 6.10 Å². The molecule has 0 saturated heterocycles. The van der Waals surface area contributed by atoms with Gasteiger partial charge in [-0.05, 0) is 43.2 Å². The maximum Gasteiger partial charge on any atom is 0.416 e. The molecule has 30 heavy (non-hydrogen) atoms. The van der Waals surface area contributed by atoms with Gasteiger partial charge in [0.25, 0.3) is 0 Å². The van der Waals surface area contributed by atoms with Crippen LogP contribution in [-0.4, -0.2) is 14.8 Å². The number of rotatable bonds is 8. The largest absolute Gasteiger partial charge is 0.483 e. The van der Waals surface area contributed by atoms with Crippen molar-refractivity contribution in [2.24, 2.45) is 0 Å². The molecule has 2 aromatic carbocycles. The fraction of sp³-hybridized carbons (Fsp3) is 0.273. The molecule has 0 aliphatic rings. The molecule has 8 heteroatoms. The van der Waals surface area contributed by atoms with Crippen LogP contribution in [0.2, 0.25) is 0 Å². The normalized spacial score (nSPS) is 12.6. The molecular weight excluding hydrogens is 411 g/mol. The molecular formula is C22H22F3N3OS. The molecule has 1 heterocycles. The van der Waals surface area contributed by atoms with Crippen LogP contribution in [0.15, 0.2) is 66.3 Å². The highest BCUT2D eigenvalue weighted by Gasteiger charge is 2.30. The first-order valence-electron chi connectivity index (χ1n) is 9.34. The Balaban J connectivity index is 1.76. The van der Waals surface area contributed by atoms with Crippen LogP contribution in [0.5, 0.6) is 5.75 Å². The minimum Gasteiger partial charge on any atom is -0.483 e. The summed E-state index contributed by atoms with van der Waals surface area (Å²) in [6.45, 7) is 8.11. The topological polar surface area (TPSA) is 39.9 Å². The van der Waals surface area contributed by atoms with Crippen molar-refractivity contribution in [3.05, 3.63) is 83.7 Å². The number of halogens is 3. The van der Waals surface area contributed by atoms with Gasteiger partial charge in [0, 0.05) is 12.3 Å². The van der Waals surface area contributed by atoms with E-state index in [0.29, 0.717) is 28.8 Å². The van der Waals surface area contributed by atoms with Crippen molar-refractivity contribution in [3.8, 4) is 5.75 Å². The molecule has 0 aliphatic heterocycles. The highest BCUT2D eigenvalue weighted by atomic mass is 32.2. The molecule has 1 atom stereocenters. The third kappa shape index (κ3) is 5.44. The molecule has 0 spiro atoms. The molecule has 158 valence electrons. The van der Waals surface area contributed by atoms with Crippen LogP contribution in [0.25, 0.3) is 0 Å². The Morgan fingerprint density at radius 3 is 2.63 bits per heavy atom. The summed E-state index contributed by atoms with van der Waals surface area (Å²) in [7, 11) is 0. The zero-order chi connectivity index (χ0) is 21.7. The average molecular weight is 433 g/mol. The SMILES string of the molecule is C=CCn1c(SCc2cccc(C(F)(F)F)c2)nnc1C(C)Oc1cccc(C)c1. The lowest BCUT2D eigenvalue weighted by Crippen LogP contribution is -2.12. The summed E-state index contributed by atoms with van der Waals surface area (Å²) in [5.74, 6) is 1.70. The zero-order valence-corrected chi connectivity index (χ0v) is 17.5. The Hall–Kier alpha value is -2.74. The van der Waals surface area contributed by atoms with E-state index in [4.69, 9.17) is 4.74 Å². The van der Waals surface area contributed by atoms with Crippen LogP contribution in [0.3, 0.4) is 0 Å². The second-order valence-electron chi connectivity index (χ2n) is 6.80. The Bertz CT molecular complexity index is 1020. The fourth-order valence-electron chi connectivity index (χ4n) is 2.94. The highest BCUT2D eigenvalue weighted by Crippen LogP contribution is 2.31. The van der Waals surface area contributed by atoms with Gasteiger partial charge in [0.05, 0.1) is 5.56 Å². The molecule has 3 aromatic rings. The van der Waals surface area contributed by atoms with Crippen LogP contribution in [-0.2, 0) is 18.5 Å². The second-order valence-corrected chi connectivity index (χ2v) is 7.75. The van der Waals surface area contributed by atoms with Gasteiger partial charge in [-0.3, -0.25) is 4.57 Å². The number of alkyl halides is 3. The standard InChI is InChI=1S/C22H22F3N3OS/c1-4-11-28-20(16(3)29-19-10-5-7-15(2)12-19)26-27-21(28)30-14-17-8-6-9-18(13-17)22(23,24)25/h4-10,12-13,16H,1,11,14H2,2-3H3. The van der Waals surface area contributed by atoms with Crippen molar-refractivity contribution in [1.82, 2.24) is 14.8 Å². The van der Waals surface area contributed by atoms with E-state index < -0.39 is 11.7 Å². The van der Waals surface area contributed by atoms with Crippen LogP contribution < -0.4 is 4.74 Å². The van der Waals surface area contributed by atoms with Gasteiger partial charge in [-0.1, -0.05) is 48.2 Å². The molecule has 1 unspecified atom stereocenters. The van der Waals surface area contributed by atoms with Crippen molar-refractivity contribution >= 4 is 11.8 Å². The maximum absolute atomic E-state index is 12.9. The highest BCUT2D eigenvalue weighted by molar-refractivity contribution is 7.98. The summed E-state index contributed by atoms with van der Waals surface area (Å²) in [6, 6.07) is 13.0. The number of nitrogens with zero attached hydrogens (tertiary/aromatic N) is 3. The fourth-order valence-corrected chi connectivity index (χ4v) is 3.84. The number of aromatic nitrogens is 3. The van der Waals surface area contributed by atoms with E-state index in [9.17, 15) is 13.2 Å². The molecule has 4 nitrogen and oxygen atoms in total. The summed E-state index contributed by atoms with van der Waals surface area (Å²) in [4.78, 5) is 0. The number of ether oxygens (including phenoxy) is 1. The first kappa shape index (κ1) is 22.0. The summed E-state index contributed by atoms with van der Waals surface area (Å²) in [5.41, 5.74) is 0.993. The second kappa shape index (κ2) is 9.38. The van der Waals surface area contributed by atoms with E-state index in [2.05, 4.69) is 16.8 Å². The third-order valence-corrected chi connectivity index (χ3v) is 5.38. The molecule has 3 rings (SSSR count). The number of benzene rings is 2. The van der Waals surface area contributed by atoms with Gasteiger partial charge in [-0.2, -0.15) is 13.2 Å². The van der Waals surface area contributed by atoms with Gasteiger partial charge in [0.2, 0.25) is 0 Å². The molecule has 0 fully saturated rings. The van der Waals surface area contributed by atoms with E-state index >= 15 is 0 Å². The summed E-state index contributed by atoms with van der Waals surface area (Å²) < 4.78 is 46.7. The van der Waals surface area contributed by atoms with Crippen LogP contribution in [0.1, 0.15) is 35.5 Å². The predicted octanol–water partition coefficient (Wildman–Crippen LogP) is 6.22. The monoisotopic (exact) mass is 433 g/mol. The predicted molar refractivity (Wildman–Crippen MR) is 111 cm³/mol. The molecule has 1 aromatic heterocycles. The number of allylic oxidation sites excluding steroid dienone is 1. The van der Waals surface area contributed by atoms with Gasteiger partial charge >= 0.3 is 6.18 Å². The van der Waals surface area contributed by atoms with E-state index in [1.54, 1.807) is 12.1 Å². The van der Waals surface area contributed by atoms with Gasteiger partial charge in [0.15, 0.2) is 17.1 Å². The van der Waals surface area contributed by atoms with Crippen molar-refractivity contribution in [1.29, 1.82) is 0 Å². The summed E-state index contributed by atoms with van der Waals surface area (Å²) in [5, 5.41) is 9.09. The lowest BCUT2D eigenvalue weighted by Gasteiger charge is -2.16. The van der Waals surface area contributed by atoms with Crippen molar-refractivity contribution in [2.75, 3.05) is 0 Å². The number of thioether (sulfide) groups is 1. The Morgan fingerprint density at radius 2 is 1.93 bits per heavy atom. The molecule has 0 saturated carbocycles. The molecule has 0 radical (unpaired) electrons. The van der Waals surface area contributed by atoms with Crippen molar-refractivity contribution in [2.45, 2.75) is 43.6 Å². The van der Waals surface area contributed by atoms with Gasteiger partial charge in [0.1, 0.15) is 5.75 Å². The lowest BCUT2D eigenvalue weighted by atomic mass is 10.1. The lowest BCUT2D eigenvalue weighted by molar-refractivity contribution is -0.137. The molecule has 0 bridgehead atoms. The number of hydrogen-bond donors (Lipinski definition) is 0. The van der Waals surface area contributed by atoms with E-state index in [1.807, 2.05) is 42.7 Å². The minimum atomic E-state index is -4.36. The van der Waals surface area contributed by atoms with Crippen LogP contribution >= 0.6 is 11.8 Å². The van der Waals surface area contributed by atoms with Gasteiger partial charge < -0.3 is 4.74 Å². The molecule has 0 amide bonds.